The molecule has 0 bridgehead atoms. The van der Waals surface area contributed by atoms with E-state index >= 15 is 0 Å². The van der Waals surface area contributed by atoms with Crippen LogP contribution in [-0.4, -0.2) is 21.1 Å². The van der Waals surface area contributed by atoms with Crippen LogP contribution in [0.2, 0.25) is 5.02 Å². The number of para-hydroxylation sites is 1. The van der Waals surface area contributed by atoms with Gasteiger partial charge in [0.05, 0.1) is 16.1 Å². The molecule has 0 fully saturated rings. The molecule has 2 aromatic carbocycles. The maximum atomic E-state index is 12.4. The zero-order valence-electron chi connectivity index (χ0n) is 12.3. The molecule has 2 N–H and O–H groups in total. The van der Waals surface area contributed by atoms with E-state index in [4.69, 9.17) is 16.0 Å². The van der Waals surface area contributed by atoms with E-state index in [0.717, 1.165) is 10.9 Å². The van der Waals surface area contributed by atoms with E-state index in [1.807, 2.05) is 36.4 Å². The molecule has 2 aromatic heterocycles. The highest BCUT2D eigenvalue weighted by atomic mass is 35.5. The zero-order valence-corrected chi connectivity index (χ0v) is 13.0. The van der Waals surface area contributed by atoms with Gasteiger partial charge in [-0.25, -0.2) is 0 Å². The molecule has 0 aliphatic rings. The number of H-pyrrole nitrogens is 1. The number of aromatic amines is 1. The summed E-state index contributed by atoms with van der Waals surface area (Å²) in [5.41, 5.74) is 1.99. The Kier molecular flexibility index (Phi) is 3.51. The first-order valence-electron chi connectivity index (χ1n) is 7.18. The molecule has 0 atom stereocenters. The van der Waals surface area contributed by atoms with Crippen LogP contribution in [0.15, 0.2) is 59.1 Å². The number of halogens is 1. The van der Waals surface area contributed by atoms with Gasteiger partial charge in [0.1, 0.15) is 0 Å². The lowest BCUT2D eigenvalue weighted by atomic mass is 10.2. The summed E-state index contributed by atoms with van der Waals surface area (Å²) in [6.45, 7) is 0. The smallest absolute Gasteiger partial charge is 0.322 e. The SMILES string of the molecule is O=C(Nc1nnc(-c2ccccc2Cl)o1)c1c[nH]c2ccccc12. The fourth-order valence-corrected chi connectivity index (χ4v) is 2.66. The van der Waals surface area contributed by atoms with Crippen LogP contribution in [0.1, 0.15) is 10.4 Å². The predicted molar refractivity (Wildman–Crippen MR) is 91.0 cm³/mol. The zero-order chi connectivity index (χ0) is 16.5. The number of aromatic nitrogens is 3. The number of nitrogens with zero attached hydrogens (tertiary/aromatic N) is 2. The quantitative estimate of drug-likeness (QED) is 0.588. The van der Waals surface area contributed by atoms with Crippen LogP contribution >= 0.6 is 11.6 Å². The summed E-state index contributed by atoms with van der Waals surface area (Å²) in [6.07, 6.45) is 1.64. The van der Waals surface area contributed by atoms with E-state index in [1.54, 1.807) is 18.3 Å². The summed E-state index contributed by atoms with van der Waals surface area (Å²) >= 11 is 6.10. The third kappa shape index (κ3) is 2.53. The van der Waals surface area contributed by atoms with Crippen LogP contribution < -0.4 is 5.32 Å². The molecule has 0 aliphatic heterocycles. The first kappa shape index (κ1) is 14.5. The van der Waals surface area contributed by atoms with E-state index < -0.39 is 0 Å². The molecule has 7 heteroatoms. The molecule has 4 aromatic rings. The van der Waals surface area contributed by atoms with Crippen molar-refractivity contribution in [2.24, 2.45) is 0 Å². The minimum absolute atomic E-state index is 0.0141. The molecule has 2 heterocycles. The van der Waals surface area contributed by atoms with E-state index in [0.29, 0.717) is 16.1 Å². The highest BCUT2D eigenvalue weighted by Gasteiger charge is 2.16. The molecule has 0 saturated carbocycles. The fourth-order valence-electron chi connectivity index (χ4n) is 2.44. The Morgan fingerprint density at radius 1 is 1.08 bits per heavy atom. The van der Waals surface area contributed by atoms with Crippen LogP contribution in [0.3, 0.4) is 0 Å². The Balaban J connectivity index is 1.60. The molecule has 0 unspecified atom stereocenters. The molecule has 1 amide bonds. The fraction of sp³-hybridized carbons (Fsp3) is 0. The Hall–Kier alpha value is -3.12. The number of carbonyl (C=O) groups is 1. The Bertz CT molecular complexity index is 1040. The number of amides is 1. The van der Waals surface area contributed by atoms with Crippen molar-refractivity contribution in [1.82, 2.24) is 15.2 Å². The lowest BCUT2D eigenvalue weighted by Gasteiger charge is -1.99. The third-order valence-electron chi connectivity index (χ3n) is 3.58. The van der Waals surface area contributed by atoms with Gasteiger partial charge in [-0.3, -0.25) is 10.1 Å². The molecule has 6 nitrogen and oxygen atoms in total. The van der Waals surface area contributed by atoms with Crippen LogP contribution in [0.25, 0.3) is 22.4 Å². The van der Waals surface area contributed by atoms with Crippen molar-refractivity contribution >= 4 is 34.4 Å². The van der Waals surface area contributed by atoms with Gasteiger partial charge in [-0.15, -0.1) is 5.10 Å². The number of fused-ring (bicyclic) bond motifs is 1. The van der Waals surface area contributed by atoms with Crippen LogP contribution in [0.4, 0.5) is 6.01 Å². The summed E-state index contributed by atoms with van der Waals surface area (Å²) in [7, 11) is 0. The van der Waals surface area contributed by atoms with Gasteiger partial charge in [0.25, 0.3) is 11.8 Å². The average molecular weight is 339 g/mol. The van der Waals surface area contributed by atoms with Crippen molar-refractivity contribution in [2.45, 2.75) is 0 Å². The average Bonchev–Trinajstić information content (AvgIpc) is 3.22. The lowest BCUT2D eigenvalue weighted by Crippen LogP contribution is -2.11. The van der Waals surface area contributed by atoms with Crippen molar-refractivity contribution in [3.63, 3.8) is 0 Å². The first-order valence-corrected chi connectivity index (χ1v) is 7.56. The number of hydrogen-bond acceptors (Lipinski definition) is 4. The summed E-state index contributed by atoms with van der Waals surface area (Å²) in [4.78, 5) is 15.5. The Morgan fingerprint density at radius 3 is 2.75 bits per heavy atom. The van der Waals surface area contributed by atoms with E-state index in [2.05, 4.69) is 20.5 Å². The number of benzene rings is 2. The number of rotatable bonds is 3. The summed E-state index contributed by atoms with van der Waals surface area (Å²) in [6, 6.07) is 14.7. The maximum absolute atomic E-state index is 12.4. The molecule has 4 rings (SSSR count). The van der Waals surface area contributed by atoms with Gasteiger partial charge in [0.2, 0.25) is 0 Å². The largest absolute Gasteiger partial charge is 0.403 e. The van der Waals surface area contributed by atoms with Gasteiger partial charge in [-0.05, 0) is 18.2 Å². The maximum Gasteiger partial charge on any atom is 0.322 e. The molecule has 24 heavy (non-hydrogen) atoms. The summed E-state index contributed by atoms with van der Waals surface area (Å²) in [5.74, 6) is -0.0864. The molecule has 0 aliphatic carbocycles. The van der Waals surface area contributed by atoms with Gasteiger partial charge >= 0.3 is 6.01 Å². The van der Waals surface area contributed by atoms with E-state index in [9.17, 15) is 4.79 Å². The molecule has 0 spiro atoms. The number of anilines is 1. The van der Waals surface area contributed by atoms with Gasteiger partial charge in [-0.1, -0.05) is 47.0 Å². The monoisotopic (exact) mass is 338 g/mol. The van der Waals surface area contributed by atoms with E-state index in [1.165, 1.54) is 0 Å². The van der Waals surface area contributed by atoms with Gasteiger partial charge in [0, 0.05) is 17.1 Å². The molecule has 0 radical (unpaired) electrons. The Labute approximate surface area is 141 Å². The van der Waals surface area contributed by atoms with E-state index in [-0.39, 0.29) is 17.8 Å². The van der Waals surface area contributed by atoms with Gasteiger partial charge < -0.3 is 9.40 Å². The Morgan fingerprint density at radius 2 is 1.88 bits per heavy atom. The van der Waals surface area contributed by atoms with Crippen LogP contribution in [-0.2, 0) is 0 Å². The standard InChI is InChI=1S/C17H11ClN4O2/c18-13-7-3-1-6-11(13)16-21-22-17(24-16)20-15(23)12-9-19-14-8-4-2-5-10(12)14/h1-9,19H,(H,20,22,23). The van der Waals surface area contributed by atoms with Gasteiger partial charge in [0.15, 0.2) is 0 Å². The van der Waals surface area contributed by atoms with Crippen molar-refractivity contribution in [1.29, 1.82) is 0 Å². The van der Waals surface area contributed by atoms with Crippen LogP contribution in [0.5, 0.6) is 0 Å². The molecule has 0 saturated heterocycles. The summed E-state index contributed by atoms with van der Waals surface area (Å²) < 4.78 is 5.48. The normalized spacial score (nSPS) is 10.9. The van der Waals surface area contributed by atoms with Crippen LogP contribution in [0, 0.1) is 0 Å². The highest BCUT2D eigenvalue weighted by molar-refractivity contribution is 6.33. The molecular formula is C17H11ClN4O2. The number of carbonyl (C=O) groups excluding carboxylic acids is 1. The minimum atomic E-state index is -0.332. The molecular weight excluding hydrogens is 328 g/mol. The second kappa shape index (κ2) is 5.82. The minimum Gasteiger partial charge on any atom is -0.403 e. The van der Waals surface area contributed by atoms with Crippen molar-refractivity contribution < 1.29 is 9.21 Å². The highest BCUT2D eigenvalue weighted by Crippen LogP contribution is 2.27. The number of hydrogen-bond donors (Lipinski definition) is 2. The van der Waals surface area contributed by atoms with Gasteiger partial charge in [-0.2, -0.15) is 0 Å². The second-order valence-electron chi connectivity index (χ2n) is 5.09. The second-order valence-corrected chi connectivity index (χ2v) is 5.50. The van der Waals surface area contributed by atoms with Crippen molar-refractivity contribution in [2.75, 3.05) is 5.32 Å². The predicted octanol–water partition coefficient (Wildman–Crippen LogP) is 4.12. The lowest BCUT2D eigenvalue weighted by molar-refractivity contribution is 0.102. The molecule has 118 valence electrons. The van der Waals surface area contributed by atoms with Crippen molar-refractivity contribution in [3.8, 4) is 11.5 Å². The first-order chi connectivity index (χ1) is 11.7. The topological polar surface area (TPSA) is 83.8 Å². The van der Waals surface area contributed by atoms with Crippen molar-refractivity contribution in [3.05, 3.63) is 65.3 Å². The summed E-state index contributed by atoms with van der Waals surface area (Å²) in [5, 5.41) is 11.7. The third-order valence-corrected chi connectivity index (χ3v) is 3.91. The number of nitrogens with one attached hydrogen (secondary N) is 2.